The minimum absolute atomic E-state index is 0.339. The molecule has 1 heteroatoms. The van der Waals surface area contributed by atoms with Crippen molar-refractivity contribution in [1.29, 1.82) is 0 Å². The van der Waals surface area contributed by atoms with Crippen LogP contribution in [-0.2, 0) is 5.41 Å². The van der Waals surface area contributed by atoms with Crippen LogP contribution >= 0.6 is 0 Å². The molecule has 2 unspecified atom stereocenters. The van der Waals surface area contributed by atoms with E-state index < -0.39 is 0 Å². The summed E-state index contributed by atoms with van der Waals surface area (Å²) in [5.74, 6) is 0.833. The van der Waals surface area contributed by atoms with Crippen LogP contribution in [0.3, 0.4) is 0 Å². The van der Waals surface area contributed by atoms with Gasteiger partial charge in [0.05, 0.1) is 0 Å². The molecular formula is C16H23N. The van der Waals surface area contributed by atoms with Crippen molar-refractivity contribution in [1.82, 2.24) is 0 Å². The average molecular weight is 229 g/mol. The molecule has 0 heterocycles. The van der Waals surface area contributed by atoms with Gasteiger partial charge in [-0.05, 0) is 54.6 Å². The predicted molar refractivity (Wildman–Crippen MR) is 72.2 cm³/mol. The molecule has 0 amide bonds. The molecule has 2 saturated carbocycles. The molecule has 92 valence electrons. The van der Waals surface area contributed by atoms with Crippen molar-refractivity contribution in [3.8, 4) is 0 Å². The maximum Gasteiger partial charge on any atom is 0.00475 e. The Bertz CT molecular complexity index is 408. The smallest absolute Gasteiger partial charge is 0.00475 e. The van der Waals surface area contributed by atoms with Gasteiger partial charge in [0, 0.05) is 6.04 Å². The van der Waals surface area contributed by atoms with E-state index in [9.17, 15) is 0 Å². The van der Waals surface area contributed by atoms with Gasteiger partial charge in [0.25, 0.3) is 0 Å². The molecule has 1 aromatic rings. The molecular weight excluding hydrogens is 206 g/mol. The fourth-order valence-electron chi connectivity index (χ4n) is 3.65. The van der Waals surface area contributed by atoms with Crippen LogP contribution in [0.4, 0.5) is 0 Å². The third-order valence-corrected chi connectivity index (χ3v) is 4.94. The van der Waals surface area contributed by atoms with Crippen LogP contribution in [0.2, 0.25) is 0 Å². The molecule has 2 N–H and O–H groups in total. The number of nitrogens with two attached hydrogens (primary N) is 1. The van der Waals surface area contributed by atoms with Crippen LogP contribution in [-0.4, -0.2) is 6.04 Å². The highest BCUT2D eigenvalue weighted by molar-refractivity contribution is 5.38. The molecule has 0 spiro atoms. The Morgan fingerprint density at radius 1 is 1.18 bits per heavy atom. The minimum Gasteiger partial charge on any atom is -0.328 e. The zero-order valence-corrected chi connectivity index (χ0v) is 10.8. The van der Waals surface area contributed by atoms with Crippen molar-refractivity contribution in [3.63, 3.8) is 0 Å². The Morgan fingerprint density at radius 2 is 1.94 bits per heavy atom. The summed E-state index contributed by atoms with van der Waals surface area (Å²) in [5.41, 5.74) is 9.67. The van der Waals surface area contributed by atoms with E-state index in [1.165, 1.54) is 32.1 Å². The molecule has 0 saturated heterocycles. The van der Waals surface area contributed by atoms with Gasteiger partial charge in [-0.3, -0.25) is 0 Å². The molecule has 0 radical (unpaired) electrons. The molecule has 0 aromatic heterocycles. The lowest BCUT2D eigenvalue weighted by Crippen LogP contribution is -2.25. The second-order valence-corrected chi connectivity index (χ2v) is 6.28. The molecule has 2 aliphatic carbocycles. The maximum atomic E-state index is 6.12. The first kappa shape index (κ1) is 11.3. The molecule has 2 fully saturated rings. The summed E-state index contributed by atoms with van der Waals surface area (Å²) < 4.78 is 0. The summed E-state index contributed by atoms with van der Waals surface area (Å²) in [4.78, 5) is 0. The highest BCUT2D eigenvalue weighted by atomic mass is 14.7. The van der Waals surface area contributed by atoms with Crippen molar-refractivity contribution in [2.75, 3.05) is 0 Å². The zero-order valence-electron chi connectivity index (χ0n) is 10.8. The SMILES string of the molecule is CC1(c2ccccc2C2CCC2)CCC(N)C1. The van der Waals surface area contributed by atoms with Gasteiger partial charge in [-0.1, -0.05) is 37.6 Å². The normalized spacial score (nSPS) is 33.6. The number of rotatable bonds is 2. The van der Waals surface area contributed by atoms with Crippen molar-refractivity contribution in [3.05, 3.63) is 35.4 Å². The monoisotopic (exact) mass is 229 g/mol. The average Bonchev–Trinajstić information content (AvgIpc) is 2.58. The zero-order chi connectivity index (χ0) is 11.9. The van der Waals surface area contributed by atoms with Gasteiger partial charge in [-0.2, -0.15) is 0 Å². The third-order valence-electron chi connectivity index (χ3n) is 4.94. The first-order valence-electron chi connectivity index (χ1n) is 7.04. The molecule has 0 aliphatic heterocycles. The van der Waals surface area contributed by atoms with Crippen LogP contribution in [0.25, 0.3) is 0 Å². The fourth-order valence-corrected chi connectivity index (χ4v) is 3.65. The molecule has 17 heavy (non-hydrogen) atoms. The Morgan fingerprint density at radius 3 is 2.53 bits per heavy atom. The molecule has 0 bridgehead atoms. The van der Waals surface area contributed by atoms with Crippen LogP contribution in [0, 0.1) is 0 Å². The van der Waals surface area contributed by atoms with Crippen LogP contribution in [0.1, 0.15) is 62.5 Å². The highest BCUT2D eigenvalue weighted by Crippen LogP contribution is 2.46. The Labute approximate surface area is 104 Å². The van der Waals surface area contributed by atoms with Crippen molar-refractivity contribution < 1.29 is 0 Å². The Balaban J connectivity index is 1.96. The largest absolute Gasteiger partial charge is 0.328 e. The first-order chi connectivity index (χ1) is 8.19. The summed E-state index contributed by atoms with van der Waals surface area (Å²) >= 11 is 0. The van der Waals surface area contributed by atoms with Gasteiger partial charge < -0.3 is 5.73 Å². The number of benzene rings is 1. The van der Waals surface area contributed by atoms with E-state index in [4.69, 9.17) is 5.73 Å². The second-order valence-electron chi connectivity index (χ2n) is 6.28. The standard InChI is InChI=1S/C16H23N/c1-16(10-9-13(17)11-16)15-8-3-2-7-14(15)12-5-4-6-12/h2-3,7-8,12-13H,4-6,9-11,17H2,1H3. The lowest BCUT2D eigenvalue weighted by Gasteiger charge is -2.34. The van der Waals surface area contributed by atoms with Gasteiger partial charge in [0.2, 0.25) is 0 Å². The van der Waals surface area contributed by atoms with Crippen LogP contribution in [0.5, 0.6) is 0 Å². The number of hydrogen-bond donors (Lipinski definition) is 1. The minimum atomic E-state index is 0.339. The maximum absolute atomic E-state index is 6.12. The van der Waals surface area contributed by atoms with E-state index >= 15 is 0 Å². The van der Waals surface area contributed by atoms with E-state index in [0.717, 1.165) is 12.3 Å². The van der Waals surface area contributed by atoms with Gasteiger partial charge in [0.15, 0.2) is 0 Å². The summed E-state index contributed by atoms with van der Waals surface area (Å²) in [6.45, 7) is 2.41. The van der Waals surface area contributed by atoms with Gasteiger partial charge in [-0.15, -0.1) is 0 Å². The molecule has 1 nitrogen and oxygen atoms in total. The molecule has 1 aromatic carbocycles. The second kappa shape index (κ2) is 4.13. The molecule has 2 aliphatic rings. The molecule has 3 rings (SSSR count). The fraction of sp³-hybridized carbons (Fsp3) is 0.625. The van der Waals surface area contributed by atoms with Crippen molar-refractivity contribution in [2.24, 2.45) is 5.73 Å². The molecule has 2 atom stereocenters. The predicted octanol–water partition coefficient (Wildman–Crippen LogP) is 3.72. The van der Waals surface area contributed by atoms with E-state index in [-0.39, 0.29) is 0 Å². The summed E-state index contributed by atoms with van der Waals surface area (Å²) in [6, 6.07) is 9.52. The Kier molecular flexibility index (Phi) is 2.74. The first-order valence-corrected chi connectivity index (χ1v) is 7.04. The number of hydrogen-bond acceptors (Lipinski definition) is 1. The van der Waals surface area contributed by atoms with E-state index in [1.54, 1.807) is 11.1 Å². The van der Waals surface area contributed by atoms with E-state index in [0.29, 0.717) is 11.5 Å². The van der Waals surface area contributed by atoms with Gasteiger partial charge >= 0.3 is 0 Å². The lowest BCUT2D eigenvalue weighted by molar-refractivity contribution is 0.401. The third kappa shape index (κ3) is 1.91. The summed E-state index contributed by atoms with van der Waals surface area (Å²) in [6.07, 6.45) is 7.80. The topological polar surface area (TPSA) is 26.0 Å². The quantitative estimate of drug-likeness (QED) is 0.821. The van der Waals surface area contributed by atoms with Gasteiger partial charge in [0.1, 0.15) is 0 Å². The van der Waals surface area contributed by atoms with Gasteiger partial charge in [-0.25, -0.2) is 0 Å². The van der Waals surface area contributed by atoms with E-state index in [1.807, 2.05) is 0 Å². The summed E-state index contributed by atoms with van der Waals surface area (Å²) in [7, 11) is 0. The van der Waals surface area contributed by atoms with Crippen LogP contribution < -0.4 is 5.73 Å². The van der Waals surface area contributed by atoms with E-state index in [2.05, 4.69) is 31.2 Å². The van der Waals surface area contributed by atoms with Crippen molar-refractivity contribution >= 4 is 0 Å². The van der Waals surface area contributed by atoms with Crippen LogP contribution in [0.15, 0.2) is 24.3 Å². The Hall–Kier alpha value is -0.820. The summed E-state index contributed by atoms with van der Waals surface area (Å²) in [5, 5.41) is 0. The highest BCUT2D eigenvalue weighted by Gasteiger charge is 2.37. The lowest BCUT2D eigenvalue weighted by atomic mass is 9.71. The van der Waals surface area contributed by atoms with Crippen molar-refractivity contribution in [2.45, 2.75) is 62.8 Å².